The SMILES string of the molecule is C[C@H](N)[C@H]1[C@@H]2CC[C@H]3C[C@H](C2)C[C@@H]31. The third-order valence-electron chi connectivity index (χ3n) is 5.04. The van der Waals surface area contributed by atoms with Crippen molar-refractivity contribution in [1.29, 1.82) is 0 Å². The first-order valence-corrected chi connectivity index (χ1v) is 6.01. The lowest BCUT2D eigenvalue weighted by molar-refractivity contribution is 0.0663. The lowest BCUT2D eigenvalue weighted by Gasteiger charge is -2.44. The second-order valence-electron chi connectivity index (χ2n) is 5.77. The van der Waals surface area contributed by atoms with Gasteiger partial charge in [0.15, 0.2) is 0 Å². The van der Waals surface area contributed by atoms with Crippen molar-refractivity contribution < 1.29 is 0 Å². The van der Waals surface area contributed by atoms with E-state index >= 15 is 0 Å². The molecule has 0 saturated heterocycles. The van der Waals surface area contributed by atoms with Crippen molar-refractivity contribution >= 4 is 0 Å². The number of nitrogens with two attached hydrogens (primary N) is 1. The van der Waals surface area contributed by atoms with Crippen molar-refractivity contribution in [3.63, 3.8) is 0 Å². The Morgan fingerprint density at radius 1 is 1.08 bits per heavy atom. The van der Waals surface area contributed by atoms with Gasteiger partial charge in [0, 0.05) is 6.04 Å². The number of hydrogen-bond donors (Lipinski definition) is 1. The standard InChI is InChI=1S/C12H21N/c1-7(13)12-10-3-2-9-4-8(5-10)6-11(9)12/h7-12H,2-6,13H2,1H3/t7-,8+,9-,10+,11-,12-/m0/s1. The molecule has 6 atom stereocenters. The maximum atomic E-state index is 6.14. The summed E-state index contributed by atoms with van der Waals surface area (Å²) in [6.07, 6.45) is 7.59. The topological polar surface area (TPSA) is 26.0 Å². The summed E-state index contributed by atoms with van der Waals surface area (Å²) < 4.78 is 0. The quantitative estimate of drug-likeness (QED) is 0.657. The largest absolute Gasteiger partial charge is 0.328 e. The van der Waals surface area contributed by atoms with Crippen LogP contribution in [0.4, 0.5) is 0 Å². The molecule has 3 saturated carbocycles. The van der Waals surface area contributed by atoms with Crippen molar-refractivity contribution in [3.05, 3.63) is 0 Å². The molecule has 0 aromatic rings. The molecule has 3 rings (SSSR count). The Labute approximate surface area is 81.1 Å². The highest BCUT2D eigenvalue weighted by Gasteiger charge is 2.50. The molecule has 2 N–H and O–H groups in total. The van der Waals surface area contributed by atoms with Gasteiger partial charge in [-0.2, -0.15) is 0 Å². The van der Waals surface area contributed by atoms with Crippen LogP contribution in [0.1, 0.15) is 39.0 Å². The summed E-state index contributed by atoms with van der Waals surface area (Å²) in [4.78, 5) is 0. The average molecular weight is 179 g/mol. The first-order valence-electron chi connectivity index (χ1n) is 6.01. The molecule has 0 spiro atoms. The average Bonchev–Trinajstić information content (AvgIpc) is 2.27. The van der Waals surface area contributed by atoms with E-state index < -0.39 is 0 Å². The maximum absolute atomic E-state index is 6.14. The lowest BCUT2D eigenvalue weighted by Crippen LogP contribution is -2.43. The summed E-state index contributed by atoms with van der Waals surface area (Å²) in [7, 11) is 0. The molecule has 0 aromatic heterocycles. The molecule has 0 aromatic carbocycles. The van der Waals surface area contributed by atoms with Gasteiger partial charge in [0.1, 0.15) is 0 Å². The maximum Gasteiger partial charge on any atom is 0.00441 e. The Kier molecular flexibility index (Phi) is 1.74. The van der Waals surface area contributed by atoms with Crippen LogP contribution in [0.25, 0.3) is 0 Å². The Balaban J connectivity index is 1.90. The Morgan fingerprint density at radius 2 is 1.77 bits per heavy atom. The van der Waals surface area contributed by atoms with E-state index in [1.165, 1.54) is 25.7 Å². The summed E-state index contributed by atoms with van der Waals surface area (Å²) in [5, 5.41) is 0. The van der Waals surface area contributed by atoms with E-state index in [2.05, 4.69) is 6.92 Å². The molecule has 74 valence electrons. The van der Waals surface area contributed by atoms with Gasteiger partial charge in [-0.15, -0.1) is 0 Å². The molecule has 3 aliphatic carbocycles. The highest BCUT2D eigenvalue weighted by molar-refractivity contribution is 5.01. The fourth-order valence-electron chi connectivity index (χ4n) is 4.76. The van der Waals surface area contributed by atoms with E-state index in [0.717, 1.165) is 29.6 Å². The second-order valence-corrected chi connectivity index (χ2v) is 5.77. The van der Waals surface area contributed by atoms with Gasteiger partial charge in [0.05, 0.1) is 0 Å². The van der Waals surface area contributed by atoms with Gasteiger partial charge in [0.25, 0.3) is 0 Å². The fraction of sp³-hybridized carbons (Fsp3) is 1.00. The van der Waals surface area contributed by atoms with Crippen molar-refractivity contribution in [2.45, 2.75) is 45.1 Å². The predicted octanol–water partition coefficient (Wildman–Crippen LogP) is 2.41. The minimum atomic E-state index is 0.455. The fourth-order valence-corrected chi connectivity index (χ4v) is 4.76. The van der Waals surface area contributed by atoms with E-state index in [0.29, 0.717) is 6.04 Å². The third-order valence-corrected chi connectivity index (χ3v) is 5.04. The van der Waals surface area contributed by atoms with Crippen LogP contribution in [0.5, 0.6) is 0 Å². The summed E-state index contributed by atoms with van der Waals surface area (Å²) >= 11 is 0. The van der Waals surface area contributed by atoms with Gasteiger partial charge in [-0.3, -0.25) is 0 Å². The molecule has 3 aliphatic rings. The number of fused-ring (bicyclic) bond motifs is 2. The predicted molar refractivity (Wildman–Crippen MR) is 54.2 cm³/mol. The van der Waals surface area contributed by atoms with Crippen LogP contribution in [-0.4, -0.2) is 6.04 Å². The molecule has 3 fully saturated rings. The minimum absolute atomic E-state index is 0.455. The summed E-state index contributed by atoms with van der Waals surface area (Å²) in [5.41, 5.74) is 6.14. The molecule has 1 nitrogen and oxygen atoms in total. The van der Waals surface area contributed by atoms with Gasteiger partial charge in [-0.1, -0.05) is 0 Å². The molecule has 13 heavy (non-hydrogen) atoms. The van der Waals surface area contributed by atoms with E-state index in [1.54, 1.807) is 6.42 Å². The zero-order valence-corrected chi connectivity index (χ0v) is 8.58. The number of rotatable bonds is 1. The monoisotopic (exact) mass is 179 g/mol. The third kappa shape index (κ3) is 1.09. The first kappa shape index (κ1) is 8.28. The Morgan fingerprint density at radius 3 is 2.54 bits per heavy atom. The minimum Gasteiger partial charge on any atom is -0.328 e. The molecule has 3 bridgehead atoms. The van der Waals surface area contributed by atoms with Crippen molar-refractivity contribution in [2.24, 2.45) is 35.3 Å². The van der Waals surface area contributed by atoms with Crippen LogP contribution >= 0.6 is 0 Å². The van der Waals surface area contributed by atoms with Gasteiger partial charge >= 0.3 is 0 Å². The van der Waals surface area contributed by atoms with Crippen LogP contribution < -0.4 is 5.73 Å². The molecule has 0 unspecified atom stereocenters. The van der Waals surface area contributed by atoms with E-state index in [-0.39, 0.29) is 0 Å². The highest BCUT2D eigenvalue weighted by atomic mass is 14.7. The summed E-state index contributed by atoms with van der Waals surface area (Å²) in [6, 6.07) is 0.455. The van der Waals surface area contributed by atoms with Gasteiger partial charge in [0.2, 0.25) is 0 Å². The van der Waals surface area contributed by atoms with Gasteiger partial charge in [-0.25, -0.2) is 0 Å². The second kappa shape index (κ2) is 2.73. The zero-order valence-electron chi connectivity index (χ0n) is 8.58. The van der Waals surface area contributed by atoms with E-state index in [9.17, 15) is 0 Å². The zero-order chi connectivity index (χ0) is 9.00. The van der Waals surface area contributed by atoms with E-state index in [4.69, 9.17) is 5.73 Å². The summed E-state index contributed by atoms with van der Waals surface area (Å²) in [6.45, 7) is 2.23. The van der Waals surface area contributed by atoms with Crippen molar-refractivity contribution in [2.75, 3.05) is 0 Å². The van der Waals surface area contributed by atoms with Crippen LogP contribution in [-0.2, 0) is 0 Å². The smallest absolute Gasteiger partial charge is 0.00441 e. The van der Waals surface area contributed by atoms with Crippen molar-refractivity contribution in [3.8, 4) is 0 Å². The first-order chi connectivity index (χ1) is 6.25. The summed E-state index contributed by atoms with van der Waals surface area (Å²) in [5.74, 6) is 5.08. The van der Waals surface area contributed by atoms with Crippen molar-refractivity contribution in [1.82, 2.24) is 0 Å². The molecular weight excluding hydrogens is 158 g/mol. The van der Waals surface area contributed by atoms with E-state index in [1.807, 2.05) is 0 Å². The van der Waals surface area contributed by atoms with Crippen LogP contribution in [0.2, 0.25) is 0 Å². The Hall–Kier alpha value is -0.0400. The van der Waals surface area contributed by atoms with Crippen LogP contribution in [0, 0.1) is 29.6 Å². The molecule has 1 heteroatoms. The number of hydrogen-bond acceptors (Lipinski definition) is 1. The lowest BCUT2D eigenvalue weighted by atomic mass is 9.62. The molecule has 0 aliphatic heterocycles. The molecule has 0 amide bonds. The molecule has 0 heterocycles. The Bertz CT molecular complexity index is 211. The molecule has 0 radical (unpaired) electrons. The van der Waals surface area contributed by atoms with Gasteiger partial charge < -0.3 is 5.73 Å². The van der Waals surface area contributed by atoms with Crippen LogP contribution in [0.3, 0.4) is 0 Å². The normalized spacial score (nSPS) is 55.4. The van der Waals surface area contributed by atoms with Gasteiger partial charge in [-0.05, 0) is 68.6 Å². The highest BCUT2D eigenvalue weighted by Crippen LogP contribution is 2.58. The molecular formula is C12H21N. The van der Waals surface area contributed by atoms with Crippen LogP contribution in [0.15, 0.2) is 0 Å².